The van der Waals surface area contributed by atoms with Gasteiger partial charge in [-0.3, -0.25) is 4.79 Å². The van der Waals surface area contributed by atoms with Gasteiger partial charge >= 0.3 is 0 Å². The van der Waals surface area contributed by atoms with Crippen LogP contribution in [0.25, 0.3) is 0 Å². The van der Waals surface area contributed by atoms with E-state index in [4.69, 9.17) is 18.0 Å². The number of para-hydroxylation sites is 1. The molecule has 0 aliphatic heterocycles. The van der Waals surface area contributed by atoms with E-state index >= 15 is 0 Å². The Kier molecular flexibility index (Phi) is 4.27. The number of rotatable bonds is 3. The number of anilines is 2. The Hall–Kier alpha value is -2.47. The predicted molar refractivity (Wildman–Crippen MR) is 81.2 cm³/mol. The summed E-state index contributed by atoms with van der Waals surface area (Å²) in [6.45, 7) is 0. The molecule has 2 rings (SSSR count). The van der Waals surface area contributed by atoms with Crippen LogP contribution in [0.5, 0.6) is 0 Å². The molecule has 0 fully saturated rings. The van der Waals surface area contributed by atoms with Gasteiger partial charge in [-0.1, -0.05) is 12.1 Å². The van der Waals surface area contributed by atoms with Gasteiger partial charge in [-0.2, -0.15) is 0 Å². The molecule has 4 nitrogen and oxygen atoms in total. The van der Waals surface area contributed by atoms with Crippen LogP contribution in [-0.4, -0.2) is 11.0 Å². The van der Waals surface area contributed by atoms with Gasteiger partial charge < -0.3 is 16.4 Å². The number of hydrogen-bond acceptors (Lipinski definition) is 2. The average Bonchev–Trinajstić information content (AvgIpc) is 2.42. The first-order valence-corrected chi connectivity index (χ1v) is 6.19. The van der Waals surface area contributed by atoms with Crippen molar-refractivity contribution in [3.63, 3.8) is 0 Å². The lowest BCUT2D eigenvalue weighted by Crippen LogP contribution is -2.20. The molecule has 2 aromatic carbocycles. The zero-order valence-electron chi connectivity index (χ0n) is 10.4. The molecule has 0 saturated heterocycles. The Bertz CT molecular complexity index is 643. The lowest BCUT2D eigenvalue weighted by molar-refractivity contribution is 0.100. The van der Waals surface area contributed by atoms with Gasteiger partial charge in [-0.25, -0.2) is 4.39 Å². The smallest absolute Gasteiger partial charge is 0.248 e. The largest absolute Gasteiger partial charge is 0.366 e. The molecule has 6 heteroatoms. The average molecular weight is 289 g/mol. The van der Waals surface area contributed by atoms with Crippen LogP contribution in [0.15, 0.2) is 48.5 Å². The summed E-state index contributed by atoms with van der Waals surface area (Å²) < 4.78 is 13.4. The number of hydrogen-bond donors (Lipinski definition) is 3. The highest BCUT2D eigenvalue weighted by Crippen LogP contribution is 2.14. The van der Waals surface area contributed by atoms with Crippen LogP contribution in [0.4, 0.5) is 15.8 Å². The number of nitrogens with two attached hydrogens (primary N) is 1. The van der Waals surface area contributed by atoms with Gasteiger partial charge in [0.2, 0.25) is 5.91 Å². The SMILES string of the molecule is NC(=O)c1ccc(NC(=S)Nc2ccccc2F)cc1. The summed E-state index contributed by atoms with van der Waals surface area (Å²) in [4.78, 5) is 10.9. The van der Waals surface area contributed by atoms with Gasteiger partial charge in [0.1, 0.15) is 5.82 Å². The zero-order chi connectivity index (χ0) is 14.5. The normalized spacial score (nSPS) is 9.85. The summed E-state index contributed by atoms with van der Waals surface area (Å²) in [7, 11) is 0. The van der Waals surface area contributed by atoms with Crippen molar-refractivity contribution in [3.05, 3.63) is 59.9 Å². The number of carbonyl (C=O) groups is 1. The van der Waals surface area contributed by atoms with Crippen LogP contribution in [0.3, 0.4) is 0 Å². The third-order valence-corrected chi connectivity index (χ3v) is 2.75. The molecular weight excluding hydrogens is 277 g/mol. The first-order chi connectivity index (χ1) is 9.56. The monoisotopic (exact) mass is 289 g/mol. The summed E-state index contributed by atoms with van der Waals surface area (Å²) in [5, 5.41) is 5.89. The van der Waals surface area contributed by atoms with E-state index in [-0.39, 0.29) is 10.9 Å². The Balaban J connectivity index is 2.01. The van der Waals surface area contributed by atoms with Crippen molar-refractivity contribution in [2.24, 2.45) is 5.73 Å². The van der Waals surface area contributed by atoms with Crippen LogP contribution in [0.1, 0.15) is 10.4 Å². The second-order valence-electron chi connectivity index (χ2n) is 4.00. The first kappa shape index (κ1) is 14.0. The molecule has 0 aliphatic carbocycles. The van der Waals surface area contributed by atoms with Gasteiger partial charge in [0, 0.05) is 11.3 Å². The predicted octanol–water partition coefficient (Wildman–Crippen LogP) is 2.73. The number of primary amides is 1. The Labute approximate surface area is 120 Å². The number of thiocarbonyl (C=S) groups is 1. The molecule has 20 heavy (non-hydrogen) atoms. The molecule has 0 radical (unpaired) electrons. The van der Waals surface area contributed by atoms with Gasteiger partial charge in [0.05, 0.1) is 5.69 Å². The fourth-order valence-electron chi connectivity index (χ4n) is 1.57. The molecule has 0 spiro atoms. The maximum atomic E-state index is 13.4. The number of halogens is 1. The molecule has 0 aliphatic rings. The maximum Gasteiger partial charge on any atom is 0.248 e. The van der Waals surface area contributed by atoms with E-state index in [0.29, 0.717) is 16.9 Å². The lowest BCUT2D eigenvalue weighted by Gasteiger charge is -2.11. The van der Waals surface area contributed by atoms with Crippen molar-refractivity contribution in [3.8, 4) is 0 Å². The highest BCUT2D eigenvalue weighted by Gasteiger charge is 2.04. The Morgan fingerprint density at radius 2 is 1.70 bits per heavy atom. The van der Waals surface area contributed by atoms with E-state index in [2.05, 4.69) is 10.6 Å². The van der Waals surface area contributed by atoms with Gasteiger partial charge in [0.25, 0.3) is 0 Å². The van der Waals surface area contributed by atoms with Crippen molar-refractivity contribution in [2.75, 3.05) is 10.6 Å². The third-order valence-electron chi connectivity index (χ3n) is 2.55. The minimum Gasteiger partial charge on any atom is -0.366 e. The van der Waals surface area contributed by atoms with Crippen LogP contribution in [-0.2, 0) is 0 Å². The molecule has 0 bridgehead atoms. The highest BCUT2D eigenvalue weighted by molar-refractivity contribution is 7.80. The van der Waals surface area contributed by atoms with Crippen molar-refractivity contribution < 1.29 is 9.18 Å². The minimum atomic E-state index is -0.497. The molecule has 0 saturated carbocycles. The van der Waals surface area contributed by atoms with Crippen LogP contribution >= 0.6 is 12.2 Å². The maximum absolute atomic E-state index is 13.4. The highest BCUT2D eigenvalue weighted by atomic mass is 32.1. The van der Waals surface area contributed by atoms with Crippen molar-refractivity contribution >= 4 is 34.6 Å². The van der Waals surface area contributed by atoms with Gasteiger partial charge in [-0.05, 0) is 48.6 Å². The second-order valence-corrected chi connectivity index (χ2v) is 4.41. The van der Waals surface area contributed by atoms with Gasteiger partial charge in [0.15, 0.2) is 5.11 Å². The minimum absolute atomic E-state index is 0.252. The second kappa shape index (κ2) is 6.12. The van der Waals surface area contributed by atoms with Crippen LogP contribution < -0.4 is 16.4 Å². The standard InChI is InChI=1S/C14H12FN3OS/c15-11-3-1-2-4-12(11)18-14(20)17-10-7-5-9(6-8-10)13(16)19/h1-8H,(H2,16,19)(H2,17,18,20). The fourth-order valence-corrected chi connectivity index (χ4v) is 1.79. The zero-order valence-corrected chi connectivity index (χ0v) is 11.2. The number of amides is 1. The van der Waals surface area contributed by atoms with E-state index in [1.165, 1.54) is 6.07 Å². The van der Waals surface area contributed by atoms with Crippen molar-refractivity contribution in [1.82, 2.24) is 0 Å². The summed E-state index contributed by atoms with van der Waals surface area (Å²) in [6.07, 6.45) is 0. The molecule has 102 valence electrons. The molecule has 0 heterocycles. The first-order valence-electron chi connectivity index (χ1n) is 5.78. The van der Waals surface area contributed by atoms with E-state index in [1.54, 1.807) is 42.5 Å². The lowest BCUT2D eigenvalue weighted by atomic mass is 10.2. The van der Waals surface area contributed by atoms with Gasteiger partial charge in [-0.15, -0.1) is 0 Å². The third kappa shape index (κ3) is 3.52. The van der Waals surface area contributed by atoms with Crippen LogP contribution in [0, 0.1) is 5.82 Å². The Morgan fingerprint density at radius 1 is 1.05 bits per heavy atom. The van der Waals surface area contributed by atoms with E-state index < -0.39 is 5.91 Å². The molecule has 2 aromatic rings. The fraction of sp³-hybridized carbons (Fsp3) is 0. The molecule has 1 amide bonds. The number of nitrogens with one attached hydrogen (secondary N) is 2. The van der Waals surface area contributed by atoms with E-state index in [9.17, 15) is 9.18 Å². The summed E-state index contributed by atoms with van der Waals surface area (Å²) in [5.74, 6) is -0.885. The quantitative estimate of drug-likeness (QED) is 0.760. The van der Waals surface area contributed by atoms with Crippen molar-refractivity contribution in [2.45, 2.75) is 0 Å². The molecule has 0 unspecified atom stereocenters. The molecule has 4 N–H and O–H groups in total. The molecule has 0 aromatic heterocycles. The summed E-state index contributed by atoms with van der Waals surface area (Å²) in [6, 6.07) is 12.7. The van der Waals surface area contributed by atoms with E-state index in [0.717, 1.165) is 0 Å². The Morgan fingerprint density at radius 3 is 2.30 bits per heavy atom. The van der Waals surface area contributed by atoms with E-state index in [1.807, 2.05) is 0 Å². The summed E-state index contributed by atoms with van der Waals surface area (Å²) >= 11 is 5.08. The van der Waals surface area contributed by atoms with Crippen molar-refractivity contribution in [1.29, 1.82) is 0 Å². The molecular formula is C14H12FN3OS. The van der Waals surface area contributed by atoms with Crippen LogP contribution in [0.2, 0.25) is 0 Å². The molecule has 0 atom stereocenters. The summed E-state index contributed by atoms with van der Waals surface area (Å²) in [5.41, 5.74) is 6.51. The topological polar surface area (TPSA) is 67.2 Å². The number of carbonyl (C=O) groups excluding carboxylic acids is 1. The number of benzene rings is 2.